The van der Waals surface area contributed by atoms with Gasteiger partial charge in [-0.2, -0.15) is 0 Å². The average molecular weight is 288 g/mol. The third kappa shape index (κ3) is 3.80. The van der Waals surface area contributed by atoms with Crippen molar-refractivity contribution in [2.75, 3.05) is 7.11 Å². The maximum atomic E-state index is 11.5. The van der Waals surface area contributed by atoms with Crippen molar-refractivity contribution in [2.24, 2.45) is 0 Å². The fraction of sp³-hybridized carbons (Fsp3) is 0.929. The molecule has 4 nitrogen and oxygen atoms in total. The van der Waals surface area contributed by atoms with E-state index in [0.29, 0.717) is 12.8 Å². The highest BCUT2D eigenvalue weighted by atomic mass is 28.4. The molecule has 0 heterocycles. The molecule has 0 unspecified atom stereocenters. The highest BCUT2D eigenvalue weighted by Crippen LogP contribution is 2.40. The number of rotatable bonds is 3. The van der Waals surface area contributed by atoms with Crippen LogP contribution in [-0.4, -0.2) is 38.2 Å². The molecule has 5 heteroatoms. The predicted molar refractivity (Wildman–Crippen MR) is 77.5 cm³/mol. The van der Waals surface area contributed by atoms with Crippen LogP contribution in [0, 0.1) is 0 Å². The summed E-state index contributed by atoms with van der Waals surface area (Å²) in [5.41, 5.74) is -1.30. The monoisotopic (exact) mass is 288 g/mol. The van der Waals surface area contributed by atoms with Crippen molar-refractivity contribution in [1.82, 2.24) is 0 Å². The number of ether oxygens (including phenoxy) is 1. The van der Waals surface area contributed by atoms with E-state index in [1.807, 2.05) is 0 Å². The Kier molecular flexibility index (Phi) is 4.86. The topological polar surface area (TPSA) is 55.8 Å². The Morgan fingerprint density at radius 3 is 2.11 bits per heavy atom. The molecule has 1 aliphatic rings. The van der Waals surface area contributed by atoms with Crippen LogP contribution in [0.25, 0.3) is 0 Å². The van der Waals surface area contributed by atoms with Gasteiger partial charge in [-0.25, -0.2) is 4.79 Å². The summed E-state index contributed by atoms with van der Waals surface area (Å²) < 4.78 is 11.0. The molecule has 0 spiro atoms. The lowest BCUT2D eigenvalue weighted by atomic mass is 9.83. The summed E-state index contributed by atoms with van der Waals surface area (Å²) in [7, 11) is -0.454. The molecule has 0 saturated heterocycles. The van der Waals surface area contributed by atoms with E-state index in [1.54, 1.807) is 0 Å². The van der Waals surface area contributed by atoms with Crippen molar-refractivity contribution in [1.29, 1.82) is 0 Å². The highest BCUT2D eigenvalue weighted by molar-refractivity contribution is 6.74. The van der Waals surface area contributed by atoms with Gasteiger partial charge in [-0.05, 0) is 43.8 Å². The minimum atomic E-state index is -1.77. The maximum Gasteiger partial charge on any atom is 0.337 e. The molecule has 1 N–H and O–H groups in total. The molecule has 1 rings (SSSR count). The van der Waals surface area contributed by atoms with Gasteiger partial charge in [-0.15, -0.1) is 0 Å². The summed E-state index contributed by atoms with van der Waals surface area (Å²) >= 11 is 0. The number of carbonyl (C=O) groups is 1. The fourth-order valence-corrected chi connectivity index (χ4v) is 3.60. The van der Waals surface area contributed by atoms with Gasteiger partial charge in [0.05, 0.1) is 7.11 Å². The lowest BCUT2D eigenvalue weighted by Crippen LogP contribution is -2.49. The van der Waals surface area contributed by atoms with E-state index in [4.69, 9.17) is 4.43 Å². The third-order valence-corrected chi connectivity index (χ3v) is 9.13. The lowest BCUT2D eigenvalue weighted by Gasteiger charge is -2.42. The Morgan fingerprint density at radius 2 is 1.74 bits per heavy atom. The summed E-state index contributed by atoms with van der Waals surface area (Å²) in [6.45, 7) is 11.1. The zero-order chi connectivity index (χ0) is 14.9. The summed E-state index contributed by atoms with van der Waals surface area (Å²) in [4.78, 5) is 11.5. The van der Waals surface area contributed by atoms with E-state index >= 15 is 0 Å². The summed E-state index contributed by atoms with van der Waals surface area (Å²) in [6.07, 6.45) is 2.46. The van der Waals surface area contributed by atoms with Gasteiger partial charge in [-0.3, -0.25) is 0 Å². The van der Waals surface area contributed by atoms with Gasteiger partial charge in [0, 0.05) is 6.10 Å². The first-order valence-corrected chi connectivity index (χ1v) is 9.91. The first kappa shape index (κ1) is 16.7. The molecule has 112 valence electrons. The largest absolute Gasteiger partial charge is 0.467 e. The number of hydrogen-bond acceptors (Lipinski definition) is 4. The average Bonchev–Trinajstić information content (AvgIpc) is 2.29. The summed E-state index contributed by atoms with van der Waals surface area (Å²) in [5.74, 6) is -0.515. The van der Waals surface area contributed by atoms with Gasteiger partial charge >= 0.3 is 5.97 Å². The van der Waals surface area contributed by atoms with Crippen LogP contribution >= 0.6 is 0 Å². The number of carbonyl (C=O) groups excluding carboxylic acids is 1. The zero-order valence-corrected chi connectivity index (χ0v) is 14.1. The molecule has 0 radical (unpaired) electrons. The Hall–Kier alpha value is -0.393. The Labute approximate surface area is 117 Å². The standard InChI is InChI=1S/C14H28O4Si/c1-13(2,3)19(5,6)18-11-7-9-14(16,10-8-11)12(15)17-4/h11,16H,7-10H2,1-6H3. The van der Waals surface area contributed by atoms with Crippen molar-refractivity contribution in [3.63, 3.8) is 0 Å². The SMILES string of the molecule is COC(=O)C1(O)CCC(O[Si](C)(C)C(C)(C)C)CC1. The quantitative estimate of drug-likeness (QED) is 0.641. The smallest absolute Gasteiger partial charge is 0.337 e. The molecule has 1 saturated carbocycles. The molecule has 0 aromatic rings. The van der Waals surface area contributed by atoms with E-state index < -0.39 is 19.9 Å². The van der Waals surface area contributed by atoms with Crippen LogP contribution in [-0.2, 0) is 14.0 Å². The van der Waals surface area contributed by atoms with Crippen LogP contribution in [0.15, 0.2) is 0 Å². The zero-order valence-electron chi connectivity index (χ0n) is 13.1. The number of methoxy groups -OCH3 is 1. The molecule has 19 heavy (non-hydrogen) atoms. The van der Waals surface area contributed by atoms with Gasteiger partial charge in [0.1, 0.15) is 0 Å². The van der Waals surface area contributed by atoms with Crippen LogP contribution in [0.1, 0.15) is 46.5 Å². The van der Waals surface area contributed by atoms with Crippen molar-refractivity contribution < 1.29 is 19.1 Å². The van der Waals surface area contributed by atoms with Crippen molar-refractivity contribution in [2.45, 2.75) is 76.3 Å². The maximum absolute atomic E-state index is 11.5. The second-order valence-electron chi connectivity index (χ2n) is 7.10. The van der Waals surface area contributed by atoms with Crippen LogP contribution in [0.2, 0.25) is 18.1 Å². The van der Waals surface area contributed by atoms with Crippen LogP contribution < -0.4 is 0 Å². The molecule has 0 aromatic carbocycles. The molecule has 1 fully saturated rings. The first-order chi connectivity index (χ1) is 8.52. The number of esters is 1. The van der Waals surface area contributed by atoms with E-state index in [9.17, 15) is 9.90 Å². The second kappa shape index (κ2) is 5.54. The molecule has 0 bridgehead atoms. The van der Waals surface area contributed by atoms with Gasteiger partial charge in [0.2, 0.25) is 0 Å². The fourth-order valence-electron chi connectivity index (χ4n) is 2.17. The Morgan fingerprint density at radius 1 is 1.26 bits per heavy atom. The van der Waals surface area contributed by atoms with E-state index in [1.165, 1.54) is 7.11 Å². The molecule has 0 amide bonds. The Balaban J connectivity index is 2.58. The van der Waals surface area contributed by atoms with Crippen LogP contribution in [0.4, 0.5) is 0 Å². The van der Waals surface area contributed by atoms with Crippen molar-refractivity contribution in [3.8, 4) is 0 Å². The minimum absolute atomic E-state index is 0.158. The number of aliphatic hydroxyl groups is 1. The summed E-state index contributed by atoms with van der Waals surface area (Å²) in [6, 6.07) is 0. The lowest BCUT2D eigenvalue weighted by molar-refractivity contribution is -0.167. The molecular weight excluding hydrogens is 260 g/mol. The van der Waals surface area contributed by atoms with Crippen LogP contribution in [0.5, 0.6) is 0 Å². The van der Waals surface area contributed by atoms with E-state index in [2.05, 4.69) is 38.6 Å². The minimum Gasteiger partial charge on any atom is -0.467 e. The predicted octanol–water partition coefficient (Wildman–Crippen LogP) is 2.85. The van der Waals surface area contributed by atoms with Gasteiger partial charge < -0.3 is 14.3 Å². The van der Waals surface area contributed by atoms with E-state index in [0.717, 1.165) is 12.8 Å². The summed E-state index contributed by atoms with van der Waals surface area (Å²) in [5, 5.41) is 10.4. The molecule has 0 aliphatic heterocycles. The molecule has 1 aliphatic carbocycles. The number of hydrogen-bond donors (Lipinski definition) is 1. The Bertz CT molecular complexity index is 325. The first-order valence-electron chi connectivity index (χ1n) is 7.00. The van der Waals surface area contributed by atoms with Gasteiger partial charge in [0.15, 0.2) is 13.9 Å². The van der Waals surface area contributed by atoms with Crippen molar-refractivity contribution >= 4 is 14.3 Å². The van der Waals surface area contributed by atoms with Crippen molar-refractivity contribution in [3.05, 3.63) is 0 Å². The third-order valence-electron chi connectivity index (χ3n) is 4.59. The van der Waals surface area contributed by atoms with Crippen LogP contribution in [0.3, 0.4) is 0 Å². The normalized spacial score (nSPS) is 29.1. The highest BCUT2D eigenvalue weighted by Gasteiger charge is 2.44. The van der Waals surface area contributed by atoms with Gasteiger partial charge in [-0.1, -0.05) is 20.8 Å². The molecular formula is C14H28O4Si. The van der Waals surface area contributed by atoms with E-state index in [-0.39, 0.29) is 11.1 Å². The molecule has 0 aromatic heterocycles. The second-order valence-corrected chi connectivity index (χ2v) is 11.9. The van der Waals surface area contributed by atoms with Gasteiger partial charge in [0.25, 0.3) is 0 Å². The molecule has 0 atom stereocenters.